The summed E-state index contributed by atoms with van der Waals surface area (Å²) >= 11 is 0. The monoisotopic (exact) mass is 454 g/mol. The van der Waals surface area contributed by atoms with Crippen molar-refractivity contribution in [1.29, 1.82) is 5.26 Å². The summed E-state index contributed by atoms with van der Waals surface area (Å²) in [4.78, 5) is 45.2. The minimum atomic E-state index is -0.694. The number of guanidine groups is 1. The van der Waals surface area contributed by atoms with E-state index in [2.05, 4.69) is 15.6 Å². The number of benzene rings is 1. The SMILES string of the molecule is COC(=O)Cc1cccc(NC(=NC2CCCCN(CC(=O)N3CCCC3)C2=O)NC#N)c1. The molecule has 33 heavy (non-hydrogen) atoms. The van der Waals surface area contributed by atoms with Gasteiger partial charge in [0.1, 0.15) is 6.04 Å². The van der Waals surface area contributed by atoms with Gasteiger partial charge in [-0.05, 0) is 49.8 Å². The maximum Gasteiger partial charge on any atom is 0.309 e. The molecule has 2 saturated heterocycles. The highest BCUT2D eigenvalue weighted by Crippen LogP contribution is 2.17. The van der Waals surface area contributed by atoms with Crippen LogP contribution in [0, 0.1) is 11.5 Å². The zero-order valence-corrected chi connectivity index (χ0v) is 18.9. The lowest BCUT2D eigenvalue weighted by Crippen LogP contribution is -2.45. The molecule has 1 atom stereocenters. The molecule has 2 fully saturated rings. The second-order valence-corrected chi connectivity index (χ2v) is 8.15. The lowest BCUT2D eigenvalue weighted by atomic mass is 10.1. The Morgan fingerprint density at radius 3 is 2.70 bits per heavy atom. The predicted molar refractivity (Wildman–Crippen MR) is 122 cm³/mol. The van der Waals surface area contributed by atoms with E-state index in [0.717, 1.165) is 44.3 Å². The van der Waals surface area contributed by atoms with Crippen LogP contribution in [-0.2, 0) is 25.5 Å². The van der Waals surface area contributed by atoms with Crippen LogP contribution in [0.5, 0.6) is 0 Å². The van der Waals surface area contributed by atoms with E-state index in [4.69, 9.17) is 4.74 Å². The lowest BCUT2D eigenvalue weighted by Gasteiger charge is -2.25. The van der Waals surface area contributed by atoms with Crippen molar-refractivity contribution in [2.75, 3.05) is 38.6 Å². The highest BCUT2D eigenvalue weighted by Gasteiger charge is 2.30. The molecular weight excluding hydrogens is 424 g/mol. The Morgan fingerprint density at radius 2 is 1.97 bits per heavy atom. The third kappa shape index (κ3) is 6.94. The fraction of sp³-hybridized carbons (Fsp3) is 0.522. The summed E-state index contributed by atoms with van der Waals surface area (Å²) in [5, 5.41) is 14.7. The third-order valence-corrected chi connectivity index (χ3v) is 5.76. The van der Waals surface area contributed by atoms with E-state index in [0.29, 0.717) is 18.7 Å². The molecule has 1 aromatic carbocycles. The fourth-order valence-electron chi connectivity index (χ4n) is 4.03. The first kappa shape index (κ1) is 24.0. The van der Waals surface area contributed by atoms with Gasteiger partial charge >= 0.3 is 5.97 Å². The van der Waals surface area contributed by atoms with E-state index in [1.807, 2.05) is 11.1 Å². The van der Waals surface area contributed by atoms with Crippen molar-refractivity contribution in [2.24, 2.45) is 4.99 Å². The van der Waals surface area contributed by atoms with Crippen molar-refractivity contribution >= 4 is 29.4 Å². The number of carbonyl (C=O) groups excluding carboxylic acids is 3. The maximum atomic E-state index is 13.2. The number of hydrogen-bond donors (Lipinski definition) is 2. The van der Waals surface area contributed by atoms with Gasteiger partial charge in [-0.15, -0.1) is 0 Å². The zero-order valence-electron chi connectivity index (χ0n) is 18.9. The van der Waals surface area contributed by atoms with Crippen LogP contribution in [0.15, 0.2) is 29.3 Å². The number of nitrogens with one attached hydrogen (secondary N) is 2. The van der Waals surface area contributed by atoms with Crippen LogP contribution in [0.1, 0.15) is 37.7 Å². The molecule has 176 valence electrons. The molecule has 2 aliphatic heterocycles. The first-order valence-corrected chi connectivity index (χ1v) is 11.2. The molecule has 10 heteroatoms. The van der Waals surface area contributed by atoms with Gasteiger partial charge in [0, 0.05) is 25.3 Å². The van der Waals surface area contributed by atoms with E-state index < -0.39 is 6.04 Å². The fourth-order valence-corrected chi connectivity index (χ4v) is 4.03. The van der Waals surface area contributed by atoms with Gasteiger partial charge in [-0.25, -0.2) is 4.99 Å². The topological polar surface area (TPSA) is 127 Å². The van der Waals surface area contributed by atoms with Crippen molar-refractivity contribution in [1.82, 2.24) is 15.1 Å². The number of rotatable bonds is 6. The number of ether oxygens (including phenoxy) is 1. The summed E-state index contributed by atoms with van der Waals surface area (Å²) in [6, 6.07) is 6.39. The minimum Gasteiger partial charge on any atom is -0.469 e. The van der Waals surface area contributed by atoms with Crippen LogP contribution in [0.25, 0.3) is 0 Å². The third-order valence-electron chi connectivity index (χ3n) is 5.76. The number of aliphatic imine (C=N–C) groups is 1. The van der Waals surface area contributed by atoms with Crippen molar-refractivity contribution in [3.63, 3.8) is 0 Å². The van der Waals surface area contributed by atoms with E-state index in [-0.39, 0.29) is 36.7 Å². The molecule has 1 unspecified atom stereocenters. The maximum absolute atomic E-state index is 13.2. The van der Waals surface area contributed by atoms with E-state index in [1.54, 1.807) is 29.2 Å². The van der Waals surface area contributed by atoms with Gasteiger partial charge in [0.2, 0.25) is 17.8 Å². The Labute approximate surface area is 193 Å². The van der Waals surface area contributed by atoms with E-state index in [1.165, 1.54) is 7.11 Å². The largest absolute Gasteiger partial charge is 0.469 e. The summed E-state index contributed by atoms with van der Waals surface area (Å²) < 4.78 is 4.70. The van der Waals surface area contributed by atoms with Gasteiger partial charge in [-0.3, -0.25) is 19.7 Å². The van der Waals surface area contributed by atoms with Gasteiger partial charge in [0.25, 0.3) is 0 Å². The average Bonchev–Trinajstić information content (AvgIpc) is 3.29. The number of nitriles is 1. The quantitative estimate of drug-likeness (QED) is 0.218. The zero-order chi connectivity index (χ0) is 23.6. The van der Waals surface area contributed by atoms with Gasteiger partial charge in [-0.2, -0.15) is 5.26 Å². The Kier molecular flexibility index (Phi) is 8.63. The summed E-state index contributed by atoms with van der Waals surface area (Å²) in [5.74, 6) is -0.456. The number of esters is 1. The number of nitrogens with zero attached hydrogens (tertiary/aromatic N) is 4. The standard InChI is InChI=1S/C23H30N6O4/c1-33-21(31)14-17-7-6-8-18(13-17)26-23(25-16-24)27-19-9-2-3-12-29(22(19)32)15-20(30)28-10-4-5-11-28/h6-8,13,19H,2-5,9-12,14-15H2,1H3,(H2,25,26,27). The molecule has 2 N–H and O–H groups in total. The first-order chi connectivity index (χ1) is 16.0. The Morgan fingerprint density at radius 1 is 1.21 bits per heavy atom. The smallest absolute Gasteiger partial charge is 0.309 e. The second-order valence-electron chi connectivity index (χ2n) is 8.15. The molecule has 0 radical (unpaired) electrons. The van der Waals surface area contributed by atoms with Gasteiger partial charge in [0.05, 0.1) is 20.1 Å². The molecule has 0 saturated carbocycles. The van der Waals surface area contributed by atoms with Crippen LogP contribution in [0.3, 0.4) is 0 Å². The van der Waals surface area contributed by atoms with Gasteiger partial charge in [0.15, 0.2) is 6.19 Å². The molecular formula is C23H30N6O4. The summed E-state index contributed by atoms with van der Waals surface area (Å²) in [7, 11) is 1.33. The summed E-state index contributed by atoms with van der Waals surface area (Å²) in [6.07, 6.45) is 6.09. The summed E-state index contributed by atoms with van der Waals surface area (Å²) in [6.45, 7) is 2.08. The van der Waals surface area contributed by atoms with Crippen molar-refractivity contribution in [3.8, 4) is 6.19 Å². The molecule has 10 nitrogen and oxygen atoms in total. The first-order valence-electron chi connectivity index (χ1n) is 11.2. The van der Waals surface area contributed by atoms with Crippen LogP contribution in [0.4, 0.5) is 5.69 Å². The molecule has 2 heterocycles. The summed E-state index contributed by atoms with van der Waals surface area (Å²) in [5.41, 5.74) is 1.35. The number of hydrogen-bond acceptors (Lipinski definition) is 6. The molecule has 0 aromatic heterocycles. The van der Waals surface area contributed by atoms with Gasteiger partial charge < -0.3 is 19.9 Å². The van der Waals surface area contributed by atoms with Crippen LogP contribution < -0.4 is 10.6 Å². The van der Waals surface area contributed by atoms with Crippen LogP contribution in [0.2, 0.25) is 0 Å². The Bertz CT molecular complexity index is 935. The molecule has 0 bridgehead atoms. The molecule has 2 amide bonds. The van der Waals surface area contributed by atoms with E-state index >= 15 is 0 Å². The average molecular weight is 455 g/mol. The van der Waals surface area contributed by atoms with E-state index in [9.17, 15) is 19.6 Å². The molecule has 0 aliphatic carbocycles. The van der Waals surface area contributed by atoms with Crippen LogP contribution in [-0.4, -0.2) is 72.9 Å². The second kappa shape index (κ2) is 11.9. The van der Waals surface area contributed by atoms with Crippen LogP contribution >= 0.6 is 0 Å². The highest BCUT2D eigenvalue weighted by molar-refractivity contribution is 5.97. The van der Waals surface area contributed by atoms with Crippen molar-refractivity contribution < 1.29 is 19.1 Å². The Balaban J connectivity index is 1.72. The number of carbonyl (C=O) groups is 3. The number of likely N-dealkylation sites (tertiary alicyclic amines) is 2. The molecule has 2 aliphatic rings. The molecule has 0 spiro atoms. The number of anilines is 1. The van der Waals surface area contributed by atoms with Gasteiger partial charge in [-0.1, -0.05) is 12.1 Å². The molecule has 1 aromatic rings. The highest BCUT2D eigenvalue weighted by atomic mass is 16.5. The number of methoxy groups -OCH3 is 1. The Hall–Kier alpha value is -3.61. The number of amides is 2. The normalized spacial score (nSPS) is 19.0. The van der Waals surface area contributed by atoms with Crippen molar-refractivity contribution in [3.05, 3.63) is 29.8 Å². The minimum absolute atomic E-state index is 0.0265. The predicted octanol–water partition coefficient (Wildman–Crippen LogP) is 1.24. The van der Waals surface area contributed by atoms with Crippen molar-refractivity contribution in [2.45, 2.75) is 44.6 Å². The lowest BCUT2D eigenvalue weighted by molar-refractivity contribution is -0.140. The molecule has 3 rings (SSSR count).